The fourth-order valence-corrected chi connectivity index (χ4v) is 11.1. The van der Waals surface area contributed by atoms with E-state index in [9.17, 15) is 23.4 Å². The Balaban J connectivity index is 1.14. The molecule has 9 atom stereocenters. The van der Waals surface area contributed by atoms with Crippen molar-refractivity contribution in [3.8, 4) is 0 Å². The van der Waals surface area contributed by atoms with Crippen LogP contribution < -0.4 is 0 Å². The number of fused-ring (bicyclic) bond motifs is 7. The van der Waals surface area contributed by atoms with E-state index < -0.39 is 15.6 Å². The van der Waals surface area contributed by atoms with Gasteiger partial charge in [-0.2, -0.15) is 4.31 Å². The quantitative estimate of drug-likeness (QED) is 0.590. The molecular weight excluding hydrogens is 464 g/mol. The number of Topliss-reactive ketones (excluding diaryl/α,β-unsaturated/α-hetero) is 1. The minimum Gasteiger partial charge on any atom is -0.396 e. The number of hydrogen-bond acceptors (Lipinski definition) is 6. The van der Waals surface area contributed by atoms with Crippen LogP contribution in [0.15, 0.2) is 0 Å². The lowest BCUT2D eigenvalue weighted by molar-refractivity contribution is -0.159. The largest absolute Gasteiger partial charge is 0.396 e. The Hall–Kier alpha value is -0.540. The van der Waals surface area contributed by atoms with Gasteiger partial charge in [0.25, 0.3) is 0 Å². The maximum absolute atomic E-state index is 13.6. The Bertz CT molecular complexity index is 980. The molecule has 1 saturated heterocycles. The summed E-state index contributed by atoms with van der Waals surface area (Å²) in [5.41, 5.74) is -0.401. The minimum absolute atomic E-state index is 0.0149. The number of nitrogens with zero attached hydrogens (tertiary/aromatic N) is 2. The number of carbonyl (C=O) groups is 1. The molecule has 8 heteroatoms. The Morgan fingerprint density at radius 3 is 2.31 bits per heavy atom. The number of carbonyl (C=O) groups excluding carboxylic acids is 1. The van der Waals surface area contributed by atoms with E-state index in [1.807, 2.05) is 0 Å². The van der Waals surface area contributed by atoms with Gasteiger partial charge in [-0.1, -0.05) is 6.92 Å². The van der Waals surface area contributed by atoms with Gasteiger partial charge in [-0.15, -0.1) is 0 Å². The fraction of sp³-hybridized carbons (Fsp3) is 0.963. The van der Waals surface area contributed by atoms with Crippen molar-refractivity contribution < 1.29 is 23.4 Å². The number of aliphatic hydroxyl groups is 2. The molecule has 0 bridgehead atoms. The monoisotopic (exact) mass is 508 g/mol. The van der Waals surface area contributed by atoms with Crippen LogP contribution in [0.25, 0.3) is 0 Å². The maximum Gasteiger partial charge on any atom is 0.211 e. The SMILES string of the molecule is C[C@]12CC[C@H]3[C@@H](CC[C@H]4C5C[C@@]5(O)CC[C@@]43CO)[C@@H]1CC[C@@H]2C(=O)CN1CCN(S(C)(=O)=O)CC1. The zero-order chi connectivity index (χ0) is 24.8. The highest BCUT2D eigenvalue weighted by molar-refractivity contribution is 7.88. The van der Waals surface area contributed by atoms with Crippen LogP contribution in [0.1, 0.15) is 64.7 Å². The van der Waals surface area contributed by atoms with E-state index >= 15 is 0 Å². The molecule has 35 heavy (non-hydrogen) atoms. The first-order valence-corrected chi connectivity index (χ1v) is 15.9. The van der Waals surface area contributed by atoms with Crippen LogP contribution in [0.4, 0.5) is 0 Å². The highest BCUT2D eigenvalue weighted by Crippen LogP contribution is 2.72. The van der Waals surface area contributed by atoms with Crippen LogP contribution in [-0.2, 0) is 14.8 Å². The molecule has 1 unspecified atom stereocenters. The smallest absolute Gasteiger partial charge is 0.211 e. The van der Waals surface area contributed by atoms with Gasteiger partial charge < -0.3 is 10.2 Å². The van der Waals surface area contributed by atoms with E-state index in [0.29, 0.717) is 68.1 Å². The van der Waals surface area contributed by atoms with Gasteiger partial charge in [0.05, 0.1) is 18.4 Å². The van der Waals surface area contributed by atoms with Crippen molar-refractivity contribution in [1.82, 2.24) is 9.21 Å². The third kappa shape index (κ3) is 3.71. The van der Waals surface area contributed by atoms with Gasteiger partial charge in [-0.25, -0.2) is 8.42 Å². The first kappa shape index (κ1) is 24.8. The molecule has 5 saturated carbocycles. The summed E-state index contributed by atoms with van der Waals surface area (Å²) < 4.78 is 25.2. The second-order valence-electron chi connectivity index (χ2n) is 13.4. The van der Waals surface area contributed by atoms with Gasteiger partial charge in [-0.05, 0) is 98.2 Å². The molecule has 198 valence electrons. The van der Waals surface area contributed by atoms with Crippen molar-refractivity contribution in [1.29, 1.82) is 0 Å². The second kappa shape index (κ2) is 8.23. The Kier molecular flexibility index (Phi) is 5.82. The summed E-state index contributed by atoms with van der Waals surface area (Å²) in [5, 5.41) is 21.6. The molecule has 6 aliphatic rings. The van der Waals surface area contributed by atoms with Gasteiger partial charge in [-0.3, -0.25) is 9.69 Å². The molecule has 0 amide bonds. The molecule has 0 radical (unpaired) electrons. The highest BCUT2D eigenvalue weighted by Gasteiger charge is 2.70. The van der Waals surface area contributed by atoms with Crippen molar-refractivity contribution in [2.75, 3.05) is 45.6 Å². The molecule has 6 rings (SSSR count). The number of sulfonamides is 1. The van der Waals surface area contributed by atoms with Crippen LogP contribution in [0, 0.1) is 46.3 Å². The van der Waals surface area contributed by atoms with Crippen molar-refractivity contribution in [2.24, 2.45) is 46.3 Å². The summed E-state index contributed by atoms with van der Waals surface area (Å²) >= 11 is 0. The van der Waals surface area contributed by atoms with E-state index in [-0.39, 0.29) is 23.4 Å². The minimum atomic E-state index is -3.16. The lowest BCUT2D eigenvalue weighted by Gasteiger charge is -2.61. The summed E-state index contributed by atoms with van der Waals surface area (Å²) in [6, 6.07) is 0. The topological polar surface area (TPSA) is 98.2 Å². The first-order chi connectivity index (χ1) is 16.5. The van der Waals surface area contributed by atoms with Gasteiger partial charge in [0.2, 0.25) is 10.0 Å². The average molecular weight is 509 g/mol. The molecular formula is C27H44N2O5S. The zero-order valence-corrected chi connectivity index (χ0v) is 22.3. The van der Waals surface area contributed by atoms with E-state index in [4.69, 9.17) is 0 Å². The number of hydrogen-bond donors (Lipinski definition) is 2. The fourth-order valence-electron chi connectivity index (χ4n) is 10.3. The number of rotatable bonds is 5. The molecule has 0 spiro atoms. The second-order valence-corrected chi connectivity index (χ2v) is 15.4. The third-order valence-electron chi connectivity index (χ3n) is 12.2. The third-order valence-corrected chi connectivity index (χ3v) is 13.5. The zero-order valence-electron chi connectivity index (χ0n) is 21.5. The predicted octanol–water partition coefficient (Wildman–Crippen LogP) is 2.12. The lowest BCUT2D eigenvalue weighted by atomic mass is 9.44. The summed E-state index contributed by atoms with van der Waals surface area (Å²) in [6.07, 6.45) is 10.6. The molecule has 7 nitrogen and oxygen atoms in total. The van der Waals surface area contributed by atoms with Gasteiger partial charge in [0, 0.05) is 38.7 Å². The number of aliphatic hydroxyl groups excluding tert-OH is 1. The lowest BCUT2D eigenvalue weighted by Crippen LogP contribution is -2.57. The summed E-state index contributed by atoms with van der Waals surface area (Å²) in [7, 11) is -3.16. The summed E-state index contributed by atoms with van der Waals surface area (Å²) in [4.78, 5) is 15.8. The molecule has 0 aromatic rings. The predicted molar refractivity (Wildman–Crippen MR) is 133 cm³/mol. The summed E-state index contributed by atoms with van der Waals surface area (Å²) in [5.74, 6) is 3.02. The van der Waals surface area contributed by atoms with Crippen LogP contribution in [-0.4, -0.2) is 84.8 Å². The van der Waals surface area contributed by atoms with Crippen LogP contribution >= 0.6 is 0 Å². The molecule has 6 fully saturated rings. The van der Waals surface area contributed by atoms with Crippen LogP contribution in [0.3, 0.4) is 0 Å². The van der Waals surface area contributed by atoms with Crippen molar-refractivity contribution >= 4 is 15.8 Å². The molecule has 1 heterocycles. The van der Waals surface area contributed by atoms with E-state index in [0.717, 1.165) is 51.4 Å². The molecule has 5 aliphatic carbocycles. The van der Waals surface area contributed by atoms with E-state index in [1.165, 1.54) is 17.0 Å². The Morgan fingerprint density at radius 2 is 1.63 bits per heavy atom. The van der Waals surface area contributed by atoms with Gasteiger partial charge in [0.1, 0.15) is 5.78 Å². The number of piperazine rings is 1. The van der Waals surface area contributed by atoms with E-state index in [1.54, 1.807) is 0 Å². The van der Waals surface area contributed by atoms with Gasteiger partial charge >= 0.3 is 0 Å². The maximum atomic E-state index is 13.6. The number of ketones is 1. The Labute approximate surface area is 210 Å². The average Bonchev–Trinajstić information content (AvgIpc) is 3.38. The van der Waals surface area contributed by atoms with Crippen LogP contribution in [0.2, 0.25) is 0 Å². The first-order valence-electron chi connectivity index (χ1n) is 14.1. The molecule has 0 aromatic carbocycles. The Morgan fingerprint density at radius 1 is 0.914 bits per heavy atom. The van der Waals surface area contributed by atoms with Crippen molar-refractivity contribution in [3.63, 3.8) is 0 Å². The highest BCUT2D eigenvalue weighted by atomic mass is 32.2. The summed E-state index contributed by atoms with van der Waals surface area (Å²) in [6.45, 7) is 5.29. The van der Waals surface area contributed by atoms with Crippen molar-refractivity contribution in [3.05, 3.63) is 0 Å². The normalized spacial score (nSPS) is 50.1. The molecule has 0 aromatic heterocycles. The van der Waals surface area contributed by atoms with Crippen LogP contribution in [0.5, 0.6) is 0 Å². The van der Waals surface area contributed by atoms with E-state index in [2.05, 4.69) is 11.8 Å². The van der Waals surface area contributed by atoms with Gasteiger partial charge in [0.15, 0.2) is 0 Å². The molecule has 2 N–H and O–H groups in total. The van der Waals surface area contributed by atoms with Crippen molar-refractivity contribution in [2.45, 2.75) is 70.3 Å². The standard InChI is InChI=1S/C27H44N2O5S/c1-25-8-7-20-18(3-4-21-23-15-27(23,32)10-9-26(20,21)17-30)19(25)5-6-22(25)24(31)16-28-11-13-29(14-12-28)35(2,33)34/h18-23,30,32H,3-17H2,1-2H3/t18-,19-,20-,21-,22+,23?,25-,26-,27-/m0/s1. The molecule has 1 aliphatic heterocycles.